The Labute approximate surface area is 137 Å². The van der Waals surface area contributed by atoms with Gasteiger partial charge in [0.05, 0.1) is 23.0 Å². The zero-order valence-electron chi connectivity index (χ0n) is 13.2. The highest BCUT2D eigenvalue weighted by Gasteiger charge is 2.17. The van der Waals surface area contributed by atoms with Crippen molar-refractivity contribution in [1.29, 1.82) is 0 Å². The predicted molar refractivity (Wildman–Crippen MR) is 89.2 cm³/mol. The molecule has 7 heteroatoms. The van der Waals surface area contributed by atoms with Crippen molar-refractivity contribution >= 4 is 22.8 Å². The first-order valence-corrected chi connectivity index (χ1v) is 7.47. The minimum absolute atomic E-state index is 0.241. The van der Waals surface area contributed by atoms with Gasteiger partial charge in [-0.3, -0.25) is 4.79 Å². The van der Waals surface area contributed by atoms with E-state index in [9.17, 15) is 4.79 Å². The maximum atomic E-state index is 12.3. The van der Waals surface area contributed by atoms with Crippen molar-refractivity contribution < 1.29 is 9.21 Å². The Hall–Kier alpha value is -3.35. The van der Waals surface area contributed by atoms with E-state index in [2.05, 4.69) is 15.4 Å². The van der Waals surface area contributed by atoms with Crippen LogP contribution in [0.1, 0.15) is 16.2 Å². The summed E-state index contributed by atoms with van der Waals surface area (Å²) in [6.45, 7) is 1.86. The summed E-state index contributed by atoms with van der Waals surface area (Å²) in [7, 11) is 1.92. The molecule has 4 rings (SSSR count). The lowest BCUT2D eigenvalue weighted by Gasteiger charge is -2.07. The molecule has 0 bridgehead atoms. The molecular formula is C17H15N5O2. The lowest BCUT2D eigenvalue weighted by atomic mass is 10.3. The number of nitrogens with one attached hydrogen (secondary N) is 1. The third-order valence-electron chi connectivity index (χ3n) is 3.77. The number of benzene rings is 1. The lowest BCUT2D eigenvalue weighted by molar-refractivity contribution is 0.0996. The zero-order valence-corrected chi connectivity index (χ0v) is 13.2. The van der Waals surface area contributed by atoms with Crippen LogP contribution < -0.4 is 5.32 Å². The molecular weight excluding hydrogens is 306 g/mol. The summed E-state index contributed by atoms with van der Waals surface area (Å²) in [4.78, 5) is 16.9. The van der Waals surface area contributed by atoms with E-state index >= 15 is 0 Å². The SMILES string of the molecule is Cc1cc(NC(=O)c2ccco2)n(-c2nc3ccccc3n2C)n1. The van der Waals surface area contributed by atoms with E-state index in [1.807, 2.05) is 42.8 Å². The van der Waals surface area contributed by atoms with Crippen LogP contribution in [0.25, 0.3) is 17.0 Å². The van der Waals surface area contributed by atoms with Crippen LogP contribution in [0.15, 0.2) is 53.1 Å². The average Bonchev–Trinajstić information content (AvgIpc) is 3.28. The predicted octanol–water partition coefficient (Wildman–Crippen LogP) is 2.91. The normalized spacial score (nSPS) is 11.1. The first kappa shape index (κ1) is 14.3. The molecule has 7 nitrogen and oxygen atoms in total. The molecule has 1 aromatic carbocycles. The minimum Gasteiger partial charge on any atom is -0.459 e. The number of carbonyl (C=O) groups is 1. The quantitative estimate of drug-likeness (QED) is 0.629. The first-order chi connectivity index (χ1) is 11.6. The second-order valence-electron chi connectivity index (χ2n) is 5.47. The van der Waals surface area contributed by atoms with Crippen LogP contribution in [0.5, 0.6) is 0 Å². The second kappa shape index (κ2) is 5.38. The second-order valence-corrected chi connectivity index (χ2v) is 5.47. The molecule has 24 heavy (non-hydrogen) atoms. The summed E-state index contributed by atoms with van der Waals surface area (Å²) in [6.07, 6.45) is 1.46. The molecule has 4 aromatic rings. The van der Waals surface area contributed by atoms with Gasteiger partial charge in [0.2, 0.25) is 5.95 Å². The summed E-state index contributed by atoms with van der Waals surface area (Å²) in [5.74, 6) is 1.07. The van der Waals surface area contributed by atoms with Gasteiger partial charge in [-0.2, -0.15) is 9.78 Å². The number of amides is 1. The van der Waals surface area contributed by atoms with Gasteiger partial charge in [0, 0.05) is 13.1 Å². The number of furan rings is 1. The number of hydrogen-bond donors (Lipinski definition) is 1. The molecule has 0 unspecified atom stereocenters. The molecule has 0 saturated carbocycles. The molecule has 0 aliphatic rings. The van der Waals surface area contributed by atoms with Crippen LogP contribution in [-0.4, -0.2) is 25.2 Å². The van der Waals surface area contributed by atoms with Gasteiger partial charge in [-0.05, 0) is 31.2 Å². The standard InChI is InChI=1S/C17H15N5O2/c1-11-10-15(19-16(23)14-8-5-9-24-14)22(20-11)17-18-12-6-3-4-7-13(12)21(17)2/h3-10H,1-2H3,(H,19,23). The number of nitrogens with zero attached hydrogens (tertiary/aromatic N) is 4. The number of para-hydroxylation sites is 2. The molecule has 0 aliphatic carbocycles. The van der Waals surface area contributed by atoms with E-state index < -0.39 is 0 Å². The van der Waals surface area contributed by atoms with Gasteiger partial charge < -0.3 is 14.3 Å². The van der Waals surface area contributed by atoms with Gasteiger partial charge in [0.1, 0.15) is 5.82 Å². The molecule has 0 saturated heterocycles. The molecule has 3 heterocycles. The molecule has 3 aromatic heterocycles. The molecule has 0 aliphatic heterocycles. The van der Waals surface area contributed by atoms with Crippen LogP contribution in [0.2, 0.25) is 0 Å². The van der Waals surface area contributed by atoms with Gasteiger partial charge in [0.25, 0.3) is 5.91 Å². The maximum absolute atomic E-state index is 12.3. The Balaban J connectivity index is 1.78. The minimum atomic E-state index is -0.333. The van der Waals surface area contributed by atoms with E-state index in [0.717, 1.165) is 16.7 Å². The van der Waals surface area contributed by atoms with Crippen molar-refractivity contribution in [3.8, 4) is 5.95 Å². The molecule has 0 fully saturated rings. The highest BCUT2D eigenvalue weighted by Crippen LogP contribution is 2.21. The highest BCUT2D eigenvalue weighted by molar-refractivity contribution is 6.01. The molecule has 0 spiro atoms. The van der Waals surface area contributed by atoms with Gasteiger partial charge in [-0.1, -0.05) is 12.1 Å². The van der Waals surface area contributed by atoms with Crippen LogP contribution in [0, 0.1) is 6.92 Å². The van der Waals surface area contributed by atoms with Gasteiger partial charge in [0.15, 0.2) is 5.76 Å². The maximum Gasteiger partial charge on any atom is 0.292 e. The van der Waals surface area contributed by atoms with E-state index in [-0.39, 0.29) is 11.7 Å². The van der Waals surface area contributed by atoms with Crippen molar-refractivity contribution in [2.45, 2.75) is 6.92 Å². The van der Waals surface area contributed by atoms with E-state index in [4.69, 9.17) is 4.42 Å². The summed E-state index contributed by atoms with van der Waals surface area (Å²) in [6, 6.07) is 12.9. The smallest absolute Gasteiger partial charge is 0.292 e. The van der Waals surface area contributed by atoms with E-state index in [1.54, 1.807) is 22.9 Å². The summed E-state index contributed by atoms with van der Waals surface area (Å²) in [5.41, 5.74) is 2.63. The molecule has 1 N–H and O–H groups in total. The van der Waals surface area contributed by atoms with Crippen molar-refractivity contribution in [1.82, 2.24) is 19.3 Å². The van der Waals surface area contributed by atoms with E-state index in [0.29, 0.717) is 11.8 Å². The molecule has 0 atom stereocenters. The fourth-order valence-corrected chi connectivity index (χ4v) is 2.65. The Morgan fingerprint density at radius 2 is 2.04 bits per heavy atom. The van der Waals surface area contributed by atoms with Gasteiger partial charge in [-0.15, -0.1) is 0 Å². The fraction of sp³-hybridized carbons (Fsp3) is 0.118. The number of hydrogen-bond acceptors (Lipinski definition) is 4. The Kier molecular flexibility index (Phi) is 3.19. The van der Waals surface area contributed by atoms with Gasteiger partial charge >= 0.3 is 0 Å². The Bertz CT molecular complexity index is 1030. The number of fused-ring (bicyclic) bond motifs is 1. The molecule has 1 amide bonds. The summed E-state index contributed by atoms with van der Waals surface area (Å²) in [5, 5.41) is 7.28. The zero-order chi connectivity index (χ0) is 16.7. The number of anilines is 1. The van der Waals surface area contributed by atoms with E-state index in [1.165, 1.54) is 6.26 Å². The number of imidazole rings is 1. The molecule has 120 valence electrons. The lowest BCUT2D eigenvalue weighted by Crippen LogP contribution is -2.16. The summed E-state index contributed by atoms with van der Waals surface area (Å²) >= 11 is 0. The first-order valence-electron chi connectivity index (χ1n) is 7.47. The van der Waals surface area contributed by atoms with Crippen LogP contribution >= 0.6 is 0 Å². The van der Waals surface area contributed by atoms with Crippen LogP contribution in [0.3, 0.4) is 0 Å². The van der Waals surface area contributed by atoms with Crippen LogP contribution in [-0.2, 0) is 7.05 Å². The van der Waals surface area contributed by atoms with Crippen molar-refractivity contribution in [3.05, 3.63) is 60.2 Å². The third kappa shape index (κ3) is 2.26. The Morgan fingerprint density at radius 1 is 1.21 bits per heavy atom. The van der Waals surface area contributed by atoms with Gasteiger partial charge in [-0.25, -0.2) is 4.98 Å². The molecule has 0 radical (unpaired) electrons. The number of rotatable bonds is 3. The van der Waals surface area contributed by atoms with Crippen molar-refractivity contribution in [2.75, 3.05) is 5.32 Å². The van der Waals surface area contributed by atoms with Crippen molar-refractivity contribution in [2.24, 2.45) is 7.05 Å². The number of carbonyl (C=O) groups excluding carboxylic acids is 1. The fourth-order valence-electron chi connectivity index (χ4n) is 2.65. The van der Waals surface area contributed by atoms with Crippen molar-refractivity contribution in [3.63, 3.8) is 0 Å². The average molecular weight is 321 g/mol. The topological polar surface area (TPSA) is 77.9 Å². The third-order valence-corrected chi connectivity index (χ3v) is 3.77. The van der Waals surface area contributed by atoms with Crippen LogP contribution in [0.4, 0.5) is 5.82 Å². The Morgan fingerprint density at radius 3 is 2.79 bits per heavy atom. The largest absolute Gasteiger partial charge is 0.459 e. The highest BCUT2D eigenvalue weighted by atomic mass is 16.3. The number of aromatic nitrogens is 4. The monoisotopic (exact) mass is 321 g/mol. The number of aryl methyl sites for hydroxylation is 2. The summed E-state index contributed by atoms with van der Waals surface area (Å²) < 4.78 is 8.69.